The van der Waals surface area contributed by atoms with E-state index in [2.05, 4.69) is 42.2 Å². The van der Waals surface area contributed by atoms with E-state index < -0.39 is 6.10 Å². The zero-order chi connectivity index (χ0) is 15.2. The zero-order valence-electron chi connectivity index (χ0n) is 13.0. The highest BCUT2D eigenvalue weighted by Crippen LogP contribution is 2.30. The van der Waals surface area contributed by atoms with Crippen LogP contribution >= 0.6 is 0 Å². The molecule has 0 spiro atoms. The predicted molar refractivity (Wildman–Crippen MR) is 89.1 cm³/mol. The summed E-state index contributed by atoms with van der Waals surface area (Å²) in [4.78, 5) is 2.09. The van der Waals surface area contributed by atoms with Crippen LogP contribution in [0.25, 0.3) is 5.57 Å². The average molecular weight is 281 g/mol. The minimum Gasteiger partial charge on any atom is -0.384 e. The van der Waals surface area contributed by atoms with E-state index in [0.717, 1.165) is 23.2 Å². The van der Waals surface area contributed by atoms with E-state index in [1.54, 1.807) is 0 Å². The lowest BCUT2D eigenvalue weighted by Crippen LogP contribution is -2.12. The Morgan fingerprint density at radius 1 is 1.05 bits per heavy atom. The van der Waals surface area contributed by atoms with E-state index >= 15 is 0 Å². The largest absolute Gasteiger partial charge is 0.384 e. The van der Waals surface area contributed by atoms with Crippen LogP contribution in [0.15, 0.2) is 60.7 Å². The van der Waals surface area contributed by atoms with Gasteiger partial charge in [-0.05, 0) is 37.7 Å². The monoisotopic (exact) mass is 281 g/mol. The first-order valence-corrected chi connectivity index (χ1v) is 7.23. The lowest BCUT2D eigenvalue weighted by atomic mass is 9.94. The van der Waals surface area contributed by atoms with Gasteiger partial charge in [-0.15, -0.1) is 0 Å². The van der Waals surface area contributed by atoms with Crippen molar-refractivity contribution in [3.8, 4) is 0 Å². The molecule has 0 aromatic heterocycles. The maximum absolute atomic E-state index is 10.7. The van der Waals surface area contributed by atoms with Gasteiger partial charge in [0.25, 0.3) is 0 Å². The number of nitrogens with zero attached hydrogens (tertiary/aromatic N) is 1. The highest BCUT2D eigenvalue weighted by Gasteiger charge is 2.14. The summed E-state index contributed by atoms with van der Waals surface area (Å²) in [5, 5.41) is 10.7. The van der Waals surface area contributed by atoms with Crippen LogP contribution < -0.4 is 0 Å². The van der Waals surface area contributed by atoms with Gasteiger partial charge in [0.05, 0.1) is 0 Å². The third-order valence-electron chi connectivity index (χ3n) is 3.47. The van der Waals surface area contributed by atoms with Gasteiger partial charge in [-0.2, -0.15) is 0 Å². The number of aryl methyl sites for hydroxylation is 1. The lowest BCUT2D eigenvalue weighted by Gasteiger charge is -2.18. The second-order valence-corrected chi connectivity index (χ2v) is 5.60. The summed E-state index contributed by atoms with van der Waals surface area (Å²) in [7, 11) is 4.05. The van der Waals surface area contributed by atoms with Crippen molar-refractivity contribution < 1.29 is 5.11 Å². The number of likely N-dealkylation sites (N-methyl/N-ethyl adjacent to an activating group) is 1. The molecule has 0 saturated heterocycles. The molecule has 1 unspecified atom stereocenters. The summed E-state index contributed by atoms with van der Waals surface area (Å²) >= 11 is 0. The molecular weight excluding hydrogens is 258 g/mol. The van der Waals surface area contributed by atoms with Gasteiger partial charge in [-0.25, -0.2) is 0 Å². The summed E-state index contributed by atoms with van der Waals surface area (Å²) in [6.45, 7) is 2.87. The fourth-order valence-corrected chi connectivity index (χ4v) is 2.23. The van der Waals surface area contributed by atoms with E-state index in [0.29, 0.717) is 0 Å². The number of aliphatic hydroxyl groups excluding tert-OH is 1. The van der Waals surface area contributed by atoms with Crippen LogP contribution in [-0.4, -0.2) is 30.6 Å². The van der Waals surface area contributed by atoms with Crippen LogP contribution in [0.5, 0.6) is 0 Å². The first kappa shape index (κ1) is 15.5. The highest BCUT2D eigenvalue weighted by molar-refractivity contribution is 5.70. The Morgan fingerprint density at radius 3 is 2.24 bits per heavy atom. The van der Waals surface area contributed by atoms with Crippen molar-refractivity contribution in [1.29, 1.82) is 0 Å². The minimum atomic E-state index is -0.603. The molecule has 2 nitrogen and oxygen atoms in total. The molecule has 1 atom stereocenters. The van der Waals surface area contributed by atoms with E-state index in [-0.39, 0.29) is 0 Å². The molecule has 2 rings (SSSR count). The van der Waals surface area contributed by atoms with E-state index in [1.807, 2.05) is 44.4 Å². The molecule has 0 aliphatic carbocycles. The summed E-state index contributed by atoms with van der Waals surface area (Å²) in [5.74, 6) is 0. The molecule has 0 saturated carbocycles. The topological polar surface area (TPSA) is 23.5 Å². The molecule has 0 heterocycles. The van der Waals surface area contributed by atoms with E-state index in [4.69, 9.17) is 0 Å². The minimum absolute atomic E-state index is 0.603. The summed E-state index contributed by atoms with van der Waals surface area (Å²) in [6.07, 6.45) is 1.50. The summed E-state index contributed by atoms with van der Waals surface area (Å²) in [5.41, 5.74) is 4.16. The van der Waals surface area contributed by atoms with Crippen molar-refractivity contribution in [2.75, 3.05) is 20.6 Å². The maximum atomic E-state index is 10.7. The van der Waals surface area contributed by atoms with Gasteiger partial charge in [0, 0.05) is 6.54 Å². The van der Waals surface area contributed by atoms with Gasteiger partial charge in [-0.3, -0.25) is 0 Å². The molecule has 0 amide bonds. The fourth-order valence-electron chi connectivity index (χ4n) is 2.23. The highest BCUT2D eigenvalue weighted by atomic mass is 16.3. The van der Waals surface area contributed by atoms with Gasteiger partial charge < -0.3 is 10.0 Å². The maximum Gasteiger partial charge on any atom is 0.104 e. The third kappa shape index (κ3) is 4.28. The van der Waals surface area contributed by atoms with Crippen LogP contribution in [0.2, 0.25) is 0 Å². The molecule has 0 aliphatic heterocycles. The zero-order valence-corrected chi connectivity index (χ0v) is 13.0. The number of benzene rings is 2. The number of aliphatic hydroxyl groups is 1. The first-order chi connectivity index (χ1) is 10.1. The quantitative estimate of drug-likeness (QED) is 0.904. The standard InChI is InChI=1S/C19H23NO/c1-15-9-11-16(12-10-15)18(13-14-20(2)3)19(21)17-7-5-4-6-8-17/h4-13,19,21H,14H2,1-3H3. The lowest BCUT2D eigenvalue weighted by molar-refractivity contribution is 0.237. The second kappa shape index (κ2) is 7.21. The molecule has 0 aliphatic rings. The Balaban J connectivity index is 2.36. The fraction of sp³-hybridized carbons (Fsp3) is 0.263. The Hall–Kier alpha value is -1.90. The molecular formula is C19H23NO. The Morgan fingerprint density at radius 2 is 1.67 bits per heavy atom. The van der Waals surface area contributed by atoms with Crippen LogP contribution in [0, 0.1) is 6.92 Å². The van der Waals surface area contributed by atoms with Gasteiger partial charge in [-0.1, -0.05) is 66.2 Å². The Labute approximate surface area is 127 Å². The van der Waals surface area contributed by atoms with Gasteiger partial charge in [0.2, 0.25) is 0 Å². The number of hydrogen-bond donors (Lipinski definition) is 1. The van der Waals surface area contributed by atoms with Crippen molar-refractivity contribution in [3.63, 3.8) is 0 Å². The van der Waals surface area contributed by atoms with Crippen molar-refractivity contribution >= 4 is 5.57 Å². The van der Waals surface area contributed by atoms with Gasteiger partial charge >= 0.3 is 0 Å². The van der Waals surface area contributed by atoms with Gasteiger partial charge in [0.15, 0.2) is 0 Å². The van der Waals surface area contributed by atoms with Crippen LogP contribution in [-0.2, 0) is 0 Å². The Kier molecular flexibility index (Phi) is 5.32. The molecule has 21 heavy (non-hydrogen) atoms. The van der Waals surface area contributed by atoms with Crippen LogP contribution in [0.3, 0.4) is 0 Å². The SMILES string of the molecule is Cc1ccc(C(=CCN(C)C)C(O)c2ccccc2)cc1. The first-order valence-electron chi connectivity index (χ1n) is 7.23. The van der Waals surface area contributed by atoms with Crippen molar-refractivity contribution in [1.82, 2.24) is 4.90 Å². The molecule has 1 N–H and O–H groups in total. The number of hydrogen-bond acceptors (Lipinski definition) is 2. The molecule has 2 aromatic rings. The molecule has 0 radical (unpaired) electrons. The molecule has 0 fully saturated rings. The van der Waals surface area contributed by atoms with E-state index in [1.165, 1.54) is 5.56 Å². The summed E-state index contributed by atoms with van der Waals surface area (Å²) < 4.78 is 0. The van der Waals surface area contributed by atoms with Gasteiger partial charge in [0.1, 0.15) is 6.10 Å². The summed E-state index contributed by atoms with van der Waals surface area (Å²) in [6, 6.07) is 18.1. The molecule has 0 bridgehead atoms. The smallest absolute Gasteiger partial charge is 0.104 e. The molecule has 110 valence electrons. The molecule has 2 heteroatoms. The average Bonchev–Trinajstić information content (AvgIpc) is 2.49. The Bertz CT molecular complexity index is 585. The normalized spacial score (nSPS) is 13.5. The van der Waals surface area contributed by atoms with Crippen molar-refractivity contribution in [2.24, 2.45) is 0 Å². The van der Waals surface area contributed by atoms with Crippen molar-refractivity contribution in [3.05, 3.63) is 77.4 Å². The van der Waals surface area contributed by atoms with Crippen LogP contribution in [0.1, 0.15) is 22.8 Å². The third-order valence-corrected chi connectivity index (χ3v) is 3.47. The second-order valence-electron chi connectivity index (χ2n) is 5.60. The molecule has 2 aromatic carbocycles. The van der Waals surface area contributed by atoms with Crippen LogP contribution in [0.4, 0.5) is 0 Å². The van der Waals surface area contributed by atoms with E-state index in [9.17, 15) is 5.11 Å². The van der Waals surface area contributed by atoms with Crippen molar-refractivity contribution in [2.45, 2.75) is 13.0 Å². The predicted octanol–water partition coefficient (Wildman–Crippen LogP) is 3.67. The number of rotatable bonds is 5.